The second-order valence-electron chi connectivity index (χ2n) is 12.3. The minimum atomic E-state index is -1.13. The van der Waals surface area contributed by atoms with Crippen molar-refractivity contribution in [1.82, 2.24) is 0 Å². The maximum atomic E-state index is 15.5. The van der Waals surface area contributed by atoms with Crippen LogP contribution < -0.4 is 0 Å². The van der Waals surface area contributed by atoms with Crippen LogP contribution in [0.15, 0.2) is 0 Å². The van der Waals surface area contributed by atoms with Crippen molar-refractivity contribution in [2.45, 2.75) is 161 Å². The van der Waals surface area contributed by atoms with E-state index in [4.69, 9.17) is 4.74 Å². The summed E-state index contributed by atoms with van der Waals surface area (Å²) in [7, 11) is 0. The van der Waals surface area contributed by atoms with Gasteiger partial charge in [-0.25, -0.2) is 8.78 Å². The van der Waals surface area contributed by atoms with E-state index in [1.807, 2.05) is 6.92 Å². The zero-order chi connectivity index (χ0) is 22.8. The molecule has 3 unspecified atom stereocenters. The number of halogens is 2. The van der Waals surface area contributed by atoms with Gasteiger partial charge in [-0.3, -0.25) is 0 Å². The summed E-state index contributed by atoms with van der Waals surface area (Å²) in [5, 5.41) is 0. The zero-order valence-corrected chi connectivity index (χ0v) is 21.2. The highest BCUT2D eigenvalue weighted by Crippen LogP contribution is 2.62. The van der Waals surface area contributed by atoms with E-state index in [0.29, 0.717) is 18.8 Å². The molecule has 33 heavy (non-hydrogen) atoms. The molecule has 198 valence electrons. The molecule has 0 aromatic rings. The van der Waals surface area contributed by atoms with Gasteiger partial charge in [-0.2, -0.15) is 0 Å². The lowest BCUT2D eigenvalue weighted by molar-refractivity contribution is -0.0107. The van der Waals surface area contributed by atoms with Gasteiger partial charge in [0.05, 0.1) is 0 Å². The Kier molecular flexibility index (Phi) is 9.72. The Labute approximate surface area is 207 Å². The van der Waals surface area contributed by atoms with Crippen LogP contribution in [0.5, 0.6) is 0 Å². The number of alkyl halides is 2. The van der Waals surface area contributed by atoms with Crippen LogP contribution in [0.1, 0.15) is 140 Å². The molecule has 4 aliphatic rings. The normalized spacial score (nSPS) is 45.5. The topological polar surface area (TPSA) is 12.5 Å². The summed E-state index contributed by atoms with van der Waals surface area (Å²) in [6, 6.07) is 0. The van der Waals surface area contributed by atoms with Crippen molar-refractivity contribution in [3.63, 3.8) is 0 Å². The van der Waals surface area contributed by atoms with Crippen LogP contribution in [0.2, 0.25) is 0 Å². The average molecular weight is 473 g/mol. The molecule has 3 heteroatoms. The predicted octanol–water partition coefficient (Wildman–Crippen LogP) is 10.1. The van der Waals surface area contributed by atoms with E-state index < -0.39 is 23.5 Å². The molecule has 3 aliphatic carbocycles. The Morgan fingerprint density at radius 1 is 0.727 bits per heavy atom. The molecule has 0 N–H and O–H groups in total. The summed E-state index contributed by atoms with van der Waals surface area (Å²) in [4.78, 5) is 0. The monoisotopic (exact) mass is 472 g/mol. The van der Waals surface area contributed by atoms with Gasteiger partial charge in [0.1, 0.15) is 17.9 Å². The molecule has 0 aromatic carbocycles. The highest BCUT2D eigenvalue weighted by Gasteiger charge is 2.76. The maximum absolute atomic E-state index is 15.5. The maximum Gasteiger partial charge on any atom is 0.159 e. The summed E-state index contributed by atoms with van der Waals surface area (Å²) in [5.74, 6) is 3.54. The Balaban J connectivity index is 0.00000204. The van der Waals surface area contributed by atoms with Gasteiger partial charge in [-0.05, 0) is 94.3 Å². The fraction of sp³-hybridized carbons (Fsp3) is 1.00. The van der Waals surface area contributed by atoms with Crippen LogP contribution in [0.25, 0.3) is 0 Å². The smallest absolute Gasteiger partial charge is 0.159 e. The minimum absolute atomic E-state index is 0. The molecule has 1 saturated heterocycles. The standard InChI is InChI=1S/C29H50F2O.CH4.2H2/c1-4-6-7-8-18-28(3)29(32-28)26(30)19-25(20-27(29)31)24-16-14-23(15-17-24)22-12-10-21(9-5-2)11-13-22;;;/h21-27H,4-20H2,1-3H3;1H4;2*1H. The number of hydrogen-bond donors (Lipinski definition) is 0. The van der Waals surface area contributed by atoms with Crippen LogP contribution in [0.4, 0.5) is 8.78 Å². The van der Waals surface area contributed by atoms with Gasteiger partial charge in [-0.1, -0.05) is 72.6 Å². The first-order valence-corrected chi connectivity index (χ1v) is 14.4. The first-order chi connectivity index (χ1) is 15.4. The van der Waals surface area contributed by atoms with Crippen molar-refractivity contribution >= 4 is 0 Å². The van der Waals surface area contributed by atoms with Gasteiger partial charge >= 0.3 is 0 Å². The molecule has 0 aromatic heterocycles. The summed E-state index contributed by atoms with van der Waals surface area (Å²) in [6.07, 6.45) is 17.7. The zero-order valence-electron chi connectivity index (χ0n) is 21.2. The van der Waals surface area contributed by atoms with E-state index >= 15 is 8.78 Å². The average Bonchev–Trinajstić information content (AvgIpc) is 3.43. The van der Waals surface area contributed by atoms with E-state index in [9.17, 15) is 0 Å². The van der Waals surface area contributed by atoms with Gasteiger partial charge < -0.3 is 4.74 Å². The SMILES string of the molecule is C.CCCCCCC1(C)OC12C(F)CC(C1CCC(C3CCC(CCC)CC3)CC1)CC2F.[HH].[HH]. The second kappa shape index (κ2) is 11.7. The molecule has 3 saturated carbocycles. The highest BCUT2D eigenvalue weighted by atomic mass is 19.1. The Hall–Kier alpha value is -0.180. The lowest BCUT2D eigenvalue weighted by Gasteiger charge is -2.43. The summed E-state index contributed by atoms with van der Waals surface area (Å²) >= 11 is 0. The third-order valence-electron chi connectivity index (χ3n) is 10.4. The number of rotatable bonds is 9. The first kappa shape index (κ1) is 27.4. The van der Waals surface area contributed by atoms with Crippen LogP contribution in [-0.4, -0.2) is 23.5 Å². The lowest BCUT2D eigenvalue weighted by Crippen LogP contribution is -2.49. The number of hydrogen-bond acceptors (Lipinski definition) is 1. The number of unbranched alkanes of at least 4 members (excludes halogenated alkanes) is 3. The van der Waals surface area contributed by atoms with Gasteiger partial charge in [-0.15, -0.1) is 0 Å². The van der Waals surface area contributed by atoms with E-state index in [-0.39, 0.29) is 16.2 Å². The summed E-state index contributed by atoms with van der Waals surface area (Å²) in [5.41, 5.74) is -1.69. The Bertz CT molecular complexity index is 577. The van der Waals surface area contributed by atoms with Gasteiger partial charge in [0.2, 0.25) is 0 Å². The van der Waals surface area contributed by atoms with Gasteiger partial charge in [0.25, 0.3) is 0 Å². The Morgan fingerprint density at radius 2 is 1.24 bits per heavy atom. The summed E-state index contributed by atoms with van der Waals surface area (Å²) < 4.78 is 36.8. The third-order valence-corrected chi connectivity index (χ3v) is 10.4. The van der Waals surface area contributed by atoms with E-state index in [1.165, 1.54) is 77.0 Å². The van der Waals surface area contributed by atoms with Crippen LogP contribution in [0.3, 0.4) is 0 Å². The van der Waals surface area contributed by atoms with Crippen molar-refractivity contribution in [3.8, 4) is 0 Å². The molecule has 1 aliphatic heterocycles. The van der Waals surface area contributed by atoms with E-state index in [0.717, 1.165) is 37.0 Å². The van der Waals surface area contributed by atoms with E-state index in [1.54, 1.807) is 0 Å². The molecule has 1 nitrogen and oxygen atoms in total. The quantitative estimate of drug-likeness (QED) is 0.240. The number of epoxide rings is 1. The second-order valence-corrected chi connectivity index (χ2v) is 12.3. The fourth-order valence-electron chi connectivity index (χ4n) is 8.28. The van der Waals surface area contributed by atoms with Crippen LogP contribution >= 0.6 is 0 Å². The first-order valence-electron chi connectivity index (χ1n) is 14.4. The lowest BCUT2D eigenvalue weighted by atomic mass is 9.63. The molecule has 3 atom stereocenters. The predicted molar refractivity (Wildman–Crippen MR) is 140 cm³/mol. The van der Waals surface area contributed by atoms with Crippen LogP contribution in [0, 0.1) is 29.6 Å². The van der Waals surface area contributed by atoms with Gasteiger partial charge in [0, 0.05) is 2.85 Å². The van der Waals surface area contributed by atoms with Crippen molar-refractivity contribution in [2.24, 2.45) is 29.6 Å². The number of ether oxygens (including phenoxy) is 1. The molecule has 4 rings (SSSR count). The van der Waals surface area contributed by atoms with Crippen molar-refractivity contribution in [3.05, 3.63) is 0 Å². The molecular weight excluding hydrogens is 414 g/mol. The largest absolute Gasteiger partial charge is 0.356 e. The van der Waals surface area contributed by atoms with Gasteiger partial charge in [0.15, 0.2) is 5.60 Å². The minimum Gasteiger partial charge on any atom is -0.356 e. The molecule has 1 heterocycles. The Morgan fingerprint density at radius 3 is 1.76 bits per heavy atom. The molecular formula is C30H58F2O. The van der Waals surface area contributed by atoms with Crippen molar-refractivity contribution in [2.75, 3.05) is 0 Å². The molecule has 0 radical (unpaired) electrons. The highest BCUT2D eigenvalue weighted by molar-refractivity contribution is 5.23. The molecule has 0 bridgehead atoms. The van der Waals surface area contributed by atoms with E-state index in [2.05, 4.69) is 13.8 Å². The summed E-state index contributed by atoms with van der Waals surface area (Å²) in [6.45, 7) is 6.48. The van der Waals surface area contributed by atoms with Crippen molar-refractivity contribution in [1.29, 1.82) is 0 Å². The molecule has 4 fully saturated rings. The molecule has 1 spiro atoms. The van der Waals surface area contributed by atoms with Crippen molar-refractivity contribution < 1.29 is 16.4 Å². The van der Waals surface area contributed by atoms with Crippen LogP contribution in [-0.2, 0) is 4.74 Å². The third kappa shape index (κ3) is 5.64. The molecule has 0 amide bonds. The fourth-order valence-corrected chi connectivity index (χ4v) is 8.28.